The van der Waals surface area contributed by atoms with Crippen molar-refractivity contribution in [3.63, 3.8) is 0 Å². The number of ether oxygens (including phenoxy) is 4. The van der Waals surface area contributed by atoms with Crippen molar-refractivity contribution in [1.82, 2.24) is 0 Å². The van der Waals surface area contributed by atoms with Gasteiger partial charge in [0.05, 0.1) is 24.2 Å². The van der Waals surface area contributed by atoms with Crippen LogP contribution in [0.3, 0.4) is 0 Å². The first-order valence-corrected chi connectivity index (χ1v) is 20.6. The van der Waals surface area contributed by atoms with E-state index in [2.05, 4.69) is 54.5 Å². The first kappa shape index (κ1) is 41.0. The summed E-state index contributed by atoms with van der Waals surface area (Å²) in [6.45, 7) is 17.6. The van der Waals surface area contributed by atoms with Crippen molar-refractivity contribution in [2.75, 3.05) is 6.61 Å². The molecule has 2 heterocycles. The van der Waals surface area contributed by atoms with Crippen molar-refractivity contribution < 1.29 is 59.5 Å². The summed E-state index contributed by atoms with van der Waals surface area (Å²) in [4.78, 5) is 13.1. The van der Waals surface area contributed by atoms with Crippen LogP contribution in [0.25, 0.3) is 0 Å². The Morgan fingerprint density at radius 3 is 2.13 bits per heavy atom. The number of aliphatic hydroxyl groups excluding tert-OH is 6. The van der Waals surface area contributed by atoms with Crippen LogP contribution in [0.5, 0.6) is 0 Å². The number of aliphatic carboxylic acids is 1. The fraction of sp³-hybridized carbons (Fsp3) is 0.929. The van der Waals surface area contributed by atoms with Gasteiger partial charge in [0.1, 0.15) is 42.7 Å². The Morgan fingerprint density at radius 1 is 0.778 bits per heavy atom. The summed E-state index contributed by atoms with van der Waals surface area (Å²) < 4.78 is 24.6. The molecule has 4 saturated carbocycles. The zero-order chi connectivity index (χ0) is 39.6. The molecule has 12 nitrogen and oxygen atoms in total. The van der Waals surface area contributed by atoms with Crippen molar-refractivity contribution in [3.05, 3.63) is 11.6 Å². The number of rotatable bonds is 6. The smallest absolute Gasteiger partial charge is 0.310 e. The van der Waals surface area contributed by atoms with Crippen LogP contribution in [0.15, 0.2) is 11.6 Å². The van der Waals surface area contributed by atoms with E-state index in [-0.39, 0.29) is 45.0 Å². The second-order valence-electron chi connectivity index (χ2n) is 20.7. The molecule has 12 heteroatoms. The van der Waals surface area contributed by atoms with E-state index in [9.17, 15) is 40.5 Å². The Bertz CT molecular complexity index is 1460. The summed E-state index contributed by atoms with van der Waals surface area (Å²) in [5.41, 5.74) is 0.419. The van der Waals surface area contributed by atoms with Gasteiger partial charge in [0.15, 0.2) is 12.6 Å². The molecule has 0 bridgehead atoms. The van der Waals surface area contributed by atoms with Crippen molar-refractivity contribution in [1.29, 1.82) is 0 Å². The van der Waals surface area contributed by atoms with Crippen LogP contribution >= 0.6 is 0 Å². The van der Waals surface area contributed by atoms with Gasteiger partial charge >= 0.3 is 5.97 Å². The number of carbonyl (C=O) groups is 1. The molecule has 2 saturated heterocycles. The van der Waals surface area contributed by atoms with Crippen LogP contribution in [0, 0.1) is 50.2 Å². The fourth-order valence-corrected chi connectivity index (χ4v) is 13.6. The Morgan fingerprint density at radius 2 is 1.46 bits per heavy atom. The summed E-state index contributed by atoms with van der Waals surface area (Å²) in [7, 11) is 0. The molecule has 0 radical (unpaired) electrons. The minimum atomic E-state index is -1.70. The van der Waals surface area contributed by atoms with Crippen LogP contribution in [-0.4, -0.2) is 116 Å². The van der Waals surface area contributed by atoms with Gasteiger partial charge in [-0.2, -0.15) is 0 Å². The molecule has 7 aliphatic rings. The van der Waals surface area contributed by atoms with E-state index in [1.54, 1.807) is 6.92 Å². The standard InChI is InChI=1S/C42H68O12/c1-21-28(44)31(47)33(54-34-32(48)30(46)29(45)24(20-43)52-34)35(51-21)53-27-12-13-39(6)25(38(27,4)5)11-14-41(8)26(39)10-9-22-23-19-37(2,3)15-17-42(23,36(49)50)18-16-40(22,41)7/h9,21,23-35,43-48H,10-20H2,1-8H3,(H,49,50)/t21-,23+,24+,25-,26+,27+,28+,29-,30+,31-,32-,33-,34+,35-,39-,40+,41-,42-/m1/s1. The van der Waals surface area contributed by atoms with E-state index >= 15 is 0 Å². The first-order valence-electron chi connectivity index (χ1n) is 20.6. The lowest BCUT2D eigenvalue weighted by Gasteiger charge is -2.71. The van der Waals surface area contributed by atoms with Gasteiger partial charge in [-0.15, -0.1) is 0 Å². The summed E-state index contributed by atoms with van der Waals surface area (Å²) in [5.74, 6) is 0.133. The van der Waals surface area contributed by atoms with Gasteiger partial charge in [0.25, 0.3) is 0 Å². The van der Waals surface area contributed by atoms with Crippen molar-refractivity contribution in [2.45, 2.75) is 187 Å². The summed E-state index contributed by atoms with van der Waals surface area (Å²) in [6.07, 6.45) is -2.74. The predicted octanol–water partition coefficient (Wildman–Crippen LogP) is 3.91. The highest BCUT2D eigenvalue weighted by Gasteiger charge is 2.69. The first-order chi connectivity index (χ1) is 25.1. The molecule has 18 atom stereocenters. The maximum atomic E-state index is 13.1. The monoisotopic (exact) mass is 764 g/mol. The van der Waals surface area contributed by atoms with Gasteiger partial charge in [-0.1, -0.05) is 60.1 Å². The van der Waals surface area contributed by atoms with Gasteiger partial charge < -0.3 is 54.7 Å². The van der Waals surface area contributed by atoms with Gasteiger partial charge in [0, 0.05) is 0 Å². The van der Waals surface area contributed by atoms with E-state index in [0.717, 1.165) is 64.2 Å². The number of fused-ring (bicyclic) bond motifs is 7. The zero-order valence-corrected chi connectivity index (χ0v) is 33.6. The fourth-order valence-electron chi connectivity index (χ4n) is 13.6. The minimum absolute atomic E-state index is 0.00482. The maximum Gasteiger partial charge on any atom is 0.310 e. The predicted molar refractivity (Wildman–Crippen MR) is 197 cm³/mol. The molecule has 0 aromatic carbocycles. The van der Waals surface area contributed by atoms with Gasteiger partial charge in [-0.05, 0) is 116 Å². The molecule has 54 heavy (non-hydrogen) atoms. The Hall–Kier alpha value is -1.19. The number of allylic oxidation sites excluding steroid dienone is 2. The van der Waals surface area contributed by atoms with E-state index in [1.165, 1.54) is 5.57 Å². The van der Waals surface area contributed by atoms with Crippen molar-refractivity contribution in [3.8, 4) is 0 Å². The Kier molecular flexibility index (Phi) is 10.4. The largest absolute Gasteiger partial charge is 0.481 e. The van der Waals surface area contributed by atoms with Gasteiger partial charge in [0.2, 0.25) is 0 Å². The topological polar surface area (TPSA) is 196 Å². The van der Waals surface area contributed by atoms with Crippen LogP contribution in [-0.2, 0) is 23.7 Å². The quantitative estimate of drug-likeness (QED) is 0.153. The number of hydrogen-bond acceptors (Lipinski definition) is 11. The molecule has 0 unspecified atom stereocenters. The van der Waals surface area contributed by atoms with Gasteiger partial charge in [-0.3, -0.25) is 4.79 Å². The molecule has 0 aromatic heterocycles. The molecule has 6 fully saturated rings. The van der Waals surface area contributed by atoms with Crippen LogP contribution in [0.2, 0.25) is 0 Å². The van der Waals surface area contributed by atoms with Crippen molar-refractivity contribution >= 4 is 5.97 Å². The van der Waals surface area contributed by atoms with Crippen LogP contribution < -0.4 is 0 Å². The second kappa shape index (κ2) is 13.7. The third-order valence-corrected chi connectivity index (χ3v) is 17.2. The molecule has 0 amide bonds. The molecular formula is C42H68O12. The molecule has 7 rings (SSSR count). The summed E-state index contributed by atoms with van der Waals surface area (Å²) in [6, 6.07) is 0. The second-order valence-corrected chi connectivity index (χ2v) is 20.7. The van der Waals surface area contributed by atoms with Gasteiger partial charge in [-0.25, -0.2) is 0 Å². The highest BCUT2D eigenvalue weighted by atomic mass is 16.8. The maximum absolute atomic E-state index is 13.1. The average Bonchev–Trinajstić information content (AvgIpc) is 3.10. The lowest BCUT2D eigenvalue weighted by atomic mass is 9.33. The molecule has 5 aliphatic carbocycles. The molecular weight excluding hydrogens is 696 g/mol. The normalized spacial score (nSPS) is 53.9. The number of aliphatic hydroxyl groups is 6. The van der Waals surface area contributed by atoms with E-state index in [0.29, 0.717) is 5.92 Å². The molecule has 2 aliphatic heterocycles. The van der Waals surface area contributed by atoms with Crippen molar-refractivity contribution in [2.24, 2.45) is 50.2 Å². The molecule has 308 valence electrons. The average molecular weight is 765 g/mol. The highest BCUT2D eigenvalue weighted by molar-refractivity contribution is 5.76. The minimum Gasteiger partial charge on any atom is -0.481 e. The van der Waals surface area contributed by atoms with E-state index < -0.39 is 79.4 Å². The zero-order valence-electron chi connectivity index (χ0n) is 33.6. The van der Waals surface area contributed by atoms with Crippen LogP contribution in [0.4, 0.5) is 0 Å². The Balaban J connectivity index is 1.14. The highest BCUT2D eigenvalue weighted by Crippen LogP contribution is 2.76. The summed E-state index contributed by atoms with van der Waals surface area (Å²) >= 11 is 0. The molecule has 0 spiro atoms. The SMILES string of the molecule is C[C@H]1O[C@H](O[C@H]2CC[C@]3(C)[C@H](CC[C@]4(C)[C@H]3CC=C3[C@@H]5CC(C)(C)CC[C@@]5(C(=O)O)CC[C@@]34C)C2(C)C)[C@H](O[C@@H]2O[C@@H](CO)[C@@H](O)[C@H](O)[C@H]2O)[C@H](O)[C@H]1O. The number of carboxylic acids is 1. The molecule has 7 N–H and O–H groups in total. The van der Waals surface area contributed by atoms with Crippen LogP contribution in [0.1, 0.15) is 120 Å². The van der Waals surface area contributed by atoms with E-state index in [4.69, 9.17) is 18.9 Å². The third-order valence-electron chi connectivity index (χ3n) is 17.2. The molecule has 0 aromatic rings. The van der Waals surface area contributed by atoms with E-state index in [1.807, 2.05) is 0 Å². The third kappa shape index (κ3) is 5.93. The summed E-state index contributed by atoms with van der Waals surface area (Å²) in [5, 5.41) is 74.0. The lowest BCUT2D eigenvalue weighted by molar-refractivity contribution is -0.375. The Labute approximate surface area is 320 Å². The number of carboxylic acid groups (broad SMARTS) is 1. The number of hydrogen-bond donors (Lipinski definition) is 7. The lowest BCUT2D eigenvalue weighted by Crippen LogP contribution is -2.66.